The molecule has 0 heterocycles. The standard InChI is InChI=1S/C16H18FN3O/c1-11-4-3-5-13(8-11)20(2)10-16(21)19-15-7-6-12(17)9-14(15)18/h3-9H,10,18H2,1-2H3,(H,19,21). The predicted molar refractivity (Wildman–Crippen MR) is 83.9 cm³/mol. The van der Waals surface area contributed by atoms with Crippen LogP contribution in [0, 0.1) is 12.7 Å². The van der Waals surface area contributed by atoms with Crippen molar-refractivity contribution in [3.05, 3.63) is 53.8 Å². The molecule has 2 aromatic carbocycles. The van der Waals surface area contributed by atoms with E-state index in [9.17, 15) is 9.18 Å². The number of nitrogens with one attached hydrogen (secondary N) is 1. The van der Waals surface area contributed by atoms with Crippen LogP contribution in [0.15, 0.2) is 42.5 Å². The Labute approximate surface area is 123 Å². The van der Waals surface area contributed by atoms with Gasteiger partial charge in [0.25, 0.3) is 0 Å². The molecular weight excluding hydrogens is 269 g/mol. The summed E-state index contributed by atoms with van der Waals surface area (Å²) < 4.78 is 13.0. The van der Waals surface area contributed by atoms with Crippen LogP contribution < -0.4 is 16.0 Å². The third-order valence-electron chi connectivity index (χ3n) is 3.11. The summed E-state index contributed by atoms with van der Waals surface area (Å²) in [4.78, 5) is 13.9. The van der Waals surface area contributed by atoms with E-state index in [0.717, 1.165) is 11.3 Å². The molecule has 0 saturated carbocycles. The first-order valence-corrected chi connectivity index (χ1v) is 6.58. The topological polar surface area (TPSA) is 58.4 Å². The Hall–Kier alpha value is -2.56. The first-order chi connectivity index (χ1) is 9.95. The van der Waals surface area contributed by atoms with Gasteiger partial charge in [-0.15, -0.1) is 0 Å². The summed E-state index contributed by atoms with van der Waals surface area (Å²) in [6.07, 6.45) is 0. The first-order valence-electron chi connectivity index (χ1n) is 6.58. The van der Waals surface area contributed by atoms with Crippen molar-refractivity contribution in [1.29, 1.82) is 0 Å². The van der Waals surface area contributed by atoms with E-state index in [4.69, 9.17) is 5.73 Å². The molecule has 2 aromatic rings. The lowest BCUT2D eigenvalue weighted by atomic mass is 10.2. The molecule has 0 atom stereocenters. The molecule has 0 saturated heterocycles. The Morgan fingerprint density at radius 3 is 2.71 bits per heavy atom. The second kappa shape index (κ2) is 6.26. The molecule has 0 fully saturated rings. The maximum absolute atomic E-state index is 13.0. The lowest BCUT2D eigenvalue weighted by Gasteiger charge is -2.19. The van der Waals surface area contributed by atoms with Gasteiger partial charge in [0.15, 0.2) is 0 Å². The number of hydrogen-bond donors (Lipinski definition) is 2. The zero-order valence-electron chi connectivity index (χ0n) is 12.1. The van der Waals surface area contributed by atoms with Crippen molar-refractivity contribution in [2.24, 2.45) is 0 Å². The van der Waals surface area contributed by atoms with Gasteiger partial charge in [0.2, 0.25) is 5.91 Å². The zero-order chi connectivity index (χ0) is 15.4. The van der Waals surface area contributed by atoms with Crippen molar-refractivity contribution in [1.82, 2.24) is 0 Å². The lowest BCUT2D eigenvalue weighted by Crippen LogP contribution is -2.30. The summed E-state index contributed by atoms with van der Waals surface area (Å²) >= 11 is 0. The van der Waals surface area contributed by atoms with Crippen LogP contribution in [0.4, 0.5) is 21.5 Å². The molecule has 0 bridgehead atoms. The molecule has 1 amide bonds. The van der Waals surface area contributed by atoms with Crippen LogP contribution in [-0.2, 0) is 4.79 Å². The van der Waals surface area contributed by atoms with E-state index < -0.39 is 5.82 Å². The highest BCUT2D eigenvalue weighted by Crippen LogP contribution is 2.19. The molecule has 3 N–H and O–H groups in total. The van der Waals surface area contributed by atoms with Crippen LogP contribution in [0.25, 0.3) is 0 Å². The van der Waals surface area contributed by atoms with Crippen LogP contribution in [0.1, 0.15) is 5.56 Å². The number of benzene rings is 2. The maximum atomic E-state index is 13.0. The number of aryl methyl sites for hydroxylation is 1. The third-order valence-corrected chi connectivity index (χ3v) is 3.11. The number of nitrogen functional groups attached to an aromatic ring is 1. The number of halogens is 1. The van der Waals surface area contributed by atoms with Crippen LogP contribution >= 0.6 is 0 Å². The number of anilines is 3. The molecule has 2 rings (SSSR count). The van der Waals surface area contributed by atoms with E-state index in [0.29, 0.717) is 5.69 Å². The number of carbonyl (C=O) groups excluding carboxylic acids is 1. The number of likely N-dealkylation sites (N-methyl/N-ethyl adjacent to an activating group) is 1. The van der Waals surface area contributed by atoms with Gasteiger partial charge in [0.1, 0.15) is 5.82 Å². The van der Waals surface area contributed by atoms with Crippen molar-refractivity contribution < 1.29 is 9.18 Å². The fourth-order valence-electron chi connectivity index (χ4n) is 2.01. The Bertz CT molecular complexity index is 658. The molecule has 0 aliphatic heterocycles. The van der Waals surface area contributed by atoms with E-state index in [1.807, 2.05) is 43.1 Å². The monoisotopic (exact) mass is 287 g/mol. The van der Waals surface area contributed by atoms with Crippen LogP contribution in [0.5, 0.6) is 0 Å². The second-order valence-electron chi connectivity index (χ2n) is 4.97. The highest BCUT2D eigenvalue weighted by molar-refractivity contribution is 5.96. The van der Waals surface area contributed by atoms with E-state index in [-0.39, 0.29) is 18.1 Å². The van der Waals surface area contributed by atoms with Gasteiger partial charge in [0, 0.05) is 12.7 Å². The van der Waals surface area contributed by atoms with Gasteiger partial charge in [-0.25, -0.2) is 4.39 Å². The summed E-state index contributed by atoms with van der Waals surface area (Å²) in [7, 11) is 1.84. The average molecular weight is 287 g/mol. The first kappa shape index (κ1) is 14.8. The number of nitrogens with two attached hydrogens (primary N) is 1. The third kappa shape index (κ3) is 3.95. The molecular formula is C16H18FN3O. The molecule has 4 nitrogen and oxygen atoms in total. The number of carbonyl (C=O) groups is 1. The summed E-state index contributed by atoms with van der Waals surface area (Å²) in [6.45, 7) is 2.18. The predicted octanol–water partition coefficient (Wildman–Crippen LogP) is 2.79. The van der Waals surface area contributed by atoms with Gasteiger partial charge in [-0.05, 0) is 42.8 Å². The summed E-state index contributed by atoms with van der Waals surface area (Å²) in [5.74, 6) is -0.639. The Morgan fingerprint density at radius 2 is 2.05 bits per heavy atom. The molecule has 0 aliphatic carbocycles. The highest BCUT2D eigenvalue weighted by atomic mass is 19.1. The van der Waals surface area contributed by atoms with Crippen molar-refractivity contribution in [2.75, 3.05) is 29.5 Å². The normalized spacial score (nSPS) is 10.2. The summed E-state index contributed by atoms with van der Waals surface area (Å²) in [6, 6.07) is 11.8. The number of nitrogens with zero attached hydrogens (tertiary/aromatic N) is 1. The fraction of sp³-hybridized carbons (Fsp3) is 0.188. The molecule has 0 unspecified atom stereocenters. The zero-order valence-corrected chi connectivity index (χ0v) is 12.1. The van der Waals surface area contributed by atoms with E-state index in [2.05, 4.69) is 5.32 Å². The van der Waals surface area contributed by atoms with E-state index >= 15 is 0 Å². The Morgan fingerprint density at radius 1 is 1.29 bits per heavy atom. The molecule has 0 aliphatic rings. The lowest BCUT2D eigenvalue weighted by molar-refractivity contribution is -0.114. The van der Waals surface area contributed by atoms with E-state index in [1.165, 1.54) is 18.2 Å². The molecule has 110 valence electrons. The van der Waals surface area contributed by atoms with Crippen LogP contribution in [-0.4, -0.2) is 19.5 Å². The quantitative estimate of drug-likeness (QED) is 0.850. The molecule has 0 aromatic heterocycles. The van der Waals surface area contributed by atoms with Crippen molar-refractivity contribution >= 4 is 23.0 Å². The average Bonchev–Trinajstić information content (AvgIpc) is 2.42. The number of amides is 1. The minimum absolute atomic E-state index is 0.181. The molecule has 0 radical (unpaired) electrons. The molecule has 0 spiro atoms. The van der Waals surface area contributed by atoms with Gasteiger partial charge < -0.3 is 16.0 Å². The summed E-state index contributed by atoms with van der Waals surface area (Å²) in [5.41, 5.74) is 8.37. The van der Waals surface area contributed by atoms with Gasteiger partial charge in [-0.3, -0.25) is 4.79 Å². The van der Waals surface area contributed by atoms with Crippen molar-refractivity contribution in [2.45, 2.75) is 6.92 Å². The second-order valence-corrected chi connectivity index (χ2v) is 4.97. The SMILES string of the molecule is Cc1cccc(N(C)CC(=O)Nc2ccc(F)cc2N)c1. The Balaban J connectivity index is 2.01. The van der Waals surface area contributed by atoms with Crippen molar-refractivity contribution in [3.63, 3.8) is 0 Å². The molecule has 5 heteroatoms. The van der Waals surface area contributed by atoms with Crippen LogP contribution in [0.2, 0.25) is 0 Å². The Kier molecular flexibility index (Phi) is 4.42. The number of hydrogen-bond acceptors (Lipinski definition) is 3. The minimum Gasteiger partial charge on any atom is -0.397 e. The molecule has 21 heavy (non-hydrogen) atoms. The van der Waals surface area contributed by atoms with Gasteiger partial charge in [-0.1, -0.05) is 12.1 Å². The summed E-state index contributed by atoms with van der Waals surface area (Å²) in [5, 5.41) is 2.68. The smallest absolute Gasteiger partial charge is 0.243 e. The largest absolute Gasteiger partial charge is 0.397 e. The van der Waals surface area contributed by atoms with Gasteiger partial charge >= 0.3 is 0 Å². The van der Waals surface area contributed by atoms with Gasteiger partial charge in [0.05, 0.1) is 17.9 Å². The highest BCUT2D eigenvalue weighted by Gasteiger charge is 2.10. The van der Waals surface area contributed by atoms with Crippen LogP contribution in [0.3, 0.4) is 0 Å². The van der Waals surface area contributed by atoms with Gasteiger partial charge in [-0.2, -0.15) is 0 Å². The van der Waals surface area contributed by atoms with E-state index in [1.54, 1.807) is 0 Å². The minimum atomic E-state index is -0.428. The van der Waals surface area contributed by atoms with Crippen molar-refractivity contribution in [3.8, 4) is 0 Å². The number of rotatable bonds is 4. The maximum Gasteiger partial charge on any atom is 0.243 e. The fourth-order valence-corrected chi connectivity index (χ4v) is 2.01.